The van der Waals surface area contributed by atoms with E-state index in [0.29, 0.717) is 0 Å². The van der Waals surface area contributed by atoms with Crippen molar-refractivity contribution in [3.05, 3.63) is 54.9 Å². The summed E-state index contributed by atoms with van der Waals surface area (Å²) in [5, 5.41) is 1.22. The molecular formula is C13H9N2. The van der Waals surface area contributed by atoms with E-state index >= 15 is 0 Å². The number of hydrogen-bond donors (Lipinski definition) is 1. The molecule has 2 heteroatoms. The highest BCUT2D eigenvalue weighted by molar-refractivity contribution is 5.83. The lowest BCUT2D eigenvalue weighted by Crippen LogP contribution is -1.81. The summed E-state index contributed by atoms with van der Waals surface area (Å²) in [5.74, 6) is 0. The number of nitrogens with zero attached hydrogens (tertiary/aromatic N) is 1. The van der Waals surface area contributed by atoms with Gasteiger partial charge in [0.25, 0.3) is 0 Å². The van der Waals surface area contributed by atoms with E-state index in [9.17, 15) is 0 Å². The Morgan fingerprint density at radius 1 is 1.20 bits per heavy atom. The van der Waals surface area contributed by atoms with E-state index in [-0.39, 0.29) is 0 Å². The molecule has 2 nitrogen and oxygen atoms in total. The molecule has 0 saturated heterocycles. The molecule has 15 heavy (non-hydrogen) atoms. The first kappa shape index (κ1) is 8.24. The molecule has 0 amide bonds. The van der Waals surface area contributed by atoms with E-state index in [1.807, 2.05) is 18.3 Å². The average Bonchev–Trinajstić information content (AvgIpc) is 2.77. The predicted molar refractivity (Wildman–Crippen MR) is 60.4 cm³/mol. The first-order chi connectivity index (χ1) is 7.43. The van der Waals surface area contributed by atoms with Gasteiger partial charge in [-0.1, -0.05) is 18.2 Å². The first-order valence-electron chi connectivity index (χ1n) is 4.84. The Balaban J connectivity index is 2.19. The third-order valence-electron chi connectivity index (χ3n) is 2.43. The van der Waals surface area contributed by atoms with Crippen molar-refractivity contribution >= 4 is 10.9 Å². The van der Waals surface area contributed by atoms with Gasteiger partial charge in [-0.3, -0.25) is 4.98 Å². The van der Waals surface area contributed by atoms with E-state index < -0.39 is 0 Å². The van der Waals surface area contributed by atoms with E-state index in [1.54, 1.807) is 6.20 Å². The van der Waals surface area contributed by atoms with Crippen molar-refractivity contribution in [3.8, 4) is 11.3 Å². The van der Waals surface area contributed by atoms with Crippen molar-refractivity contribution in [1.82, 2.24) is 9.97 Å². The van der Waals surface area contributed by atoms with E-state index in [2.05, 4.69) is 40.3 Å². The lowest BCUT2D eigenvalue weighted by molar-refractivity contribution is 1.32. The molecule has 1 radical (unpaired) electrons. The maximum absolute atomic E-state index is 4.27. The summed E-state index contributed by atoms with van der Waals surface area (Å²) in [7, 11) is 0. The van der Waals surface area contributed by atoms with E-state index in [1.165, 1.54) is 5.39 Å². The molecule has 0 spiro atoms. The van der Waals surface area contributed by atoms with Crippen LogP contribution in [0, 0.1) is 6.07 Å². The van der Waals surface area contributed by atoms with Crippen molar-refractivity contribution < 1.29 is 0 Å². The SMILES string of the molecule is [c]1cccnc1-c1ccc2cc[nH]c2c1. The molecule has 0 aliphatic rings. The molecule has 1 aromatic carbocycles. The molecule has 71 valence electrons. The van der Waals surface area contributed by atoms with Crippen molar-refractivity contribution in [2.45, 2.75) is 0 Å². The Kier molecular flexibility index (Phi) is 1.78. The number of benzene rings is 1. The van der Waals surface area contributed by atoms with Crippen LogP contribution in [0.2, 0.25) is 0 Å². The van der Waals surface area contributed by atoms with Gasteiger partial charge in [-0.2, -0.15) is 0 Å². The van der Waals surface area contributed by atoms with Gasteiger partial charge in [0, 0.05) is 29.5 Å². The van der Waals surface area contributed by atoms with Crippen LogP contribution in [-0.2, 0) is 0 Å². The summed E-state index contributed by atoms with van der Waals surface area (Å²) in [5.41, 5.74) is 3.10. The number of pyridine rings is 1. The van der Waals surface area contributed by atoms with Crippen molar-refractivity contribution in [2.24, 2.45) is 0 Å². The van der Waals surface area contributed by atoms with Gasteiger partial charge in [-0.25, -0.2) is 0 Å². The molecule has 0 aliphatic carbocycles. The number of hydrogen-bond acceptors (Lipinski definition) is 1. The number of H-pyrrole nitrogens is 1. The van der Waals surface area contributed by atoms with Gasteiger partial charge in [0.2, 0.25) is 0 Å². The Hall–Kier alpha value is -2.09. The molecule has 0 fully saturated rings. The maximum Gasteiger partial charge on any atom is 0.0781 e. The highest BCUT2D eigenvalue weighted by Gasteiger charge is 2.00. The summed E-state index contributed by atoms with van der Waals surface area (Å²) >= 11 is 0. The number of aromatic nitrogens is 2. The lowest BCUT2D eigenvalue weighted by Gasteiger charge is -1.99. The fourth-order valence-corrected chi connectivity index (χ4v) is 1.68. The highest BCUT2D eigenvalue weighted by Crippen LogP contribution is 2.21. The van der Waals surface area contributed by atoms with Gasteiger partial charge >= 0.3 is 0 Å². The van der Waals surface area contributed by atoms with Gasteiger partial charge in [-0.15, -0.1) is 0 Å². The quantitative estimate of drug-likeness (QED) is 0.632. The summed E-state index contributed by atoms with van der Waals surface area (Å²) < 4.78 is 0. The van der Waals surface area contributed by atoms with Crippen LogP contribution in [0.1, 0.15) is 0 Å². The van der Waals surface area contributed by atoms with Gasteiger partial charge in [0.15, 0.2) is 0 Å². The third kappa shape index (κ3) is 1.40. The van der Waals surface area contributed by atoms with Crippen LogP contribution in [-0.4, -0.2) is 9.97 Å². The molecule has 0 saturated carbocycles. The normalized spacial score (nSPS) is 10.7. The van der Waals surface area contributed by atoms with Crippen molar-refractivity contribution in [1.29, 1.82) is 0 Å². The zero-order valence-electron chi connectivity index (χ0n) is 8.07. The van der Waals surface area contributed by atoms with E-state index in [4.69, 9.17) is 0 Å². The van der Waals surface area contributed by atoms with Crippen LogP contribution < -0.4 is 0 Å². The minimum atomic E-state index is 0.883. The number of nitrogens with one attached hydrogen (secondary N) is 1. The minimum Gasteiger partial charge on any atom is -0.361 e. The second-order valence-corrected chi connectivity index (χ2v) is 3.41. The Morgan fingerprint density at radius 3 is 3.07 bits per heavy atom. The molecule has 0 atom stereocenters. The van der Waals surface area contributed by atoms with Crippen LogP contribution >= 0.6 is 0 Å². The monoisotopic (exact) mass is 193 g/mol. The smallest absolute Gasteiger partial charge is 0.0781 e. The van der Waals surface area contributed by atoms with Crippen molar-refractivity contribution in [3.63, 3.8) is 0 Å². The topological polar surface area (TPSA) is 28.7 Å². The summed E-state index contributed by atoms with van der Waals surface area (Å²) in [6.45, 7) is 0. The Morgan fingerprint density at radius 2 is 2.20 bits per heavy atom. The summed E-state index contributed by atoms with van der Waals surface area (Å²) in [6, 6.07) is 15.2. The zero-order valence-corrected chi connectivity index (χ0v) is 8.07. The van der Waals surface area contributed by atoms with Crippen LogP contribution in [0.4, 0.5) is 0 Å². The molecule has 1 N–H and O–H groups in total. The standard InChI is InChI=1S/C13H9N2/c1-2-7-14-12(3-1)11-5-4-10-6-8-15-13(10)9-11/h1-2,4-9,15H. The van der Waals surface area contributed by atoms with Crippen LogP contribution in [0.3, 0.4) is 0 Å². The van der Waals surface area contributed by atoms with Gasteiger partial charge < -0.3 is 4.98 Å². The summed E-state index contributed by atoms with van der Waals surface area (Å²) in [4.78, 5) is 7.46. The van der Waals surface area contributed by atoms with Crippen LogP contribution in [0.15, 0.2) is 48.8 Å². The minimum absolute atomic E-state index is 0.883. The largest absolute Gasteiger partial charge is 0.361 e. The third-order valence-corrected chi connectivity index (χ3v) is 2.43. The molecule has 2 aromatic heterocycles. The van der Waals surface area contributed by atoms with E-state index in [0.717, 1.165) is 16.8 Å². The lowest BCUT2D eigenvalue weighted by atomic mass is 10.1. The van der Waals surface area contributed by atoms with Gasteiger partial charge in [-0.05, 0) is 23.6 Å². The number of rotatable bonds is 1. The second-order valence-electron chi connectivity index (χ2n) is 3.41. The fourth-order valence-electron chi connectivity index (χ4n) is 1.68. The number of fused-ring (bicyclic) bond motifs is 1. The van der Waals surface area contributed by atoms with Crippen LogP contribution in [0.5, 0.6) is 0 Å². The summed E-state index contributed by atoms with van der Waals surface area (Å²) in [6.07, 6.45) is 3.72. The van der Waals surface area contributed by atoms with Crippen LogP contribution in [0.25, 0.3) is 22.2 Å². The molecule has 3 rings (SSSR count). The Bertz CT molecular complexity index is 582. The van der Waals surface area contributed by atoms with Gasteiger partial charge in [0.05, 0.1) is 5.69 Å². The zero-order chi connectivity index (χ0) is 10.1. The second kappa shape index (κ2) is 3.24. The molecule has 0 unspecified atom stereocenters. The van der Waals surface area contributed by atoms with Crippen molar-refractivity contribution in [2.75, 3.05) is 0 Å². The van der Waals surface area contributed by atoms with Gasteiger partial charge in [0.1, 0.15) is 0 Å². The number of aromatic amines is 1. The molecule has 0 bridgehead atoms. The Labute approximate surface area is 87.6 Å². The molecule has 2 heterocycles. The highest BCUT2D eigenvalue weighted by atomic mass is 14.7. The predicted octanol–water partition coefficient (Wildman–Crippen LogP) is 3.03. The fraction of sp³-hybridized carbons (Fsp3) is 0. The molecule has 3 aromatic rings. The maximum atomic E-state index is 4.27. The average molecular weight is 193 g/mol. The first-order valence-corrected chi connectivity index (χ1v) is 4.84. The molecular weight excluding hydrogens is 184 g/mol. The molecule has 0 aliphatic heterocycles.